The number of piperidine rings is 1. The van der Waals surface area contributed by atoms with Gasteiger partial charge in [-0.3, -0.25) is 9.59 Å². The quantitative estimate of drug-likeness (QED) is 0.604. The van der Waals surface area contributed by atoms with Gasteiger partial charge >= 0.3 is 6.18 Å². The molecule has 1 aliphatic rings. The van der Waals surface area contributed by atoms with Crippen molar-refractivity contribution in [1.82, 2.24) is 4.90 Å². The standard InChI is InChI=1S/C8H10F3NO2/c1-12-4-5(3-8(9,10)11)6(13)2-7(12)14/h5H,2-4H2,1H3. The van der Waals surface area contributed by atoms with Gasteiger partial charge in [0.05, 0.1) is 12.8 Å². The Morgan fingerprint density at radius 2 is 2.00 bits per heavy atom. The van der Waals surface area contributed by atoms with Crippen molar-refractivity contribution in [2.45, 2.75) is 19.0 Å². The van der Waals surface area contributed by atoms with Crippen LogP contribution in [0, 0.1) is 5.92 Å². The number of rotatable bonds is 1. The van der Waals surface area contributed by atoms with Gasteiger partial charge in [-0.15, -0.1) is 0 Å². The lowest BCUT2D eigenvalue weighted by atomic mass is 9.93. The van der Waals surface area contributed by atoms with E-state index in [0.29, 0.717) is 0 Å². The molecule has 1 unspecified atom stereocenters. The number of halogens is 3. The molecule has 1 aliphatic heterocycles. The van der Waals surface area contributed by atoms with Crippen LogP contribution in [0.1, 0.15) is 12.8 Å². The minimum Gasteiger partial charge on any atom is -0.345 e. The Bertz CT molecular complexity index is 262. The van der Waals surface area contributed by atoms with Gasteiger partial charge in [0, 0.05) is 19.5 Å². The largest absolute Gasteiger partial charge is 0.389 e. The van der Waals surface area contributed by atoms with E-state index in [1.54, 1.807) is 0 Å². The molecule has 0 aromatic rings. The molecular formula is C8H10F3NO2. The molecule has 80 valence electrons. The van der Waals surface area contributed by atoms with Gasteiger partial charge in [-0.2, -0.15) is 13.2 Å². The summed E-state index contributed by atoms with van der Waals surface area (Å²) in [6.07, 6.45) is -5.89. The van der Waals surface area contributed by atoms with Crippen molar-refractivity contribution < 1.29 is 22.8 Å². The number of hydrogen-bond donors (Lipinski definition) is 0. The van der Waals surface area contributed by atoms with E-state index in [0.717, 1.165) is 4.90 Å². The third kappa shape index (κ3) is 2.71. The van der Waals surface area contributed by atoms with Crippen LogP contribution in [0.25, 0.3) is 0 Å². The van der Waals surface area contributed by atoms with E-state index in [2.05, 4.69) is 0 Å². The SMILES string of the molecule is CN1CC(CC(F)(F)F)C(=O)CC1=O. The molecular weight excluding hydrogens is 199 g/mol. The van der Waals surface area contributed by atoms with E-state index < -0.39 is 36.6 Å². The first kappa shape index (κ1) is 11.0. The Morgan fingerprint density at radius 3 is 2.50 bits per heavy atom. The summed E-state index contributed by atoms with van der Waals surface area (Å²) in [5.41, 5.74) is 0. The zero-order valence-electron chi connectivity index (χ0n) is 7.60. The zero-order chi connectivity index (χ0) is 10.9. The van der Waals surface area contributed by atoms with Gasteiger partial charge in [-0.25, -0.2) is 0 Å². The van der Waals surface area contributed by atoms with Crippen LogP contribution in [-0.4, -0.2) is 36.4 Å². The number of hydrogen-bond acceptors (Lipinski definition) is 2. The van der Waals surface area contributed by atoms with Crippen LogP contribution >= 0.6 is 0 Å². The Kier molecular flexibility index (Phi) is 2.82. The first-order chi connectivity index (χ1) is 6.29. The van der Waals surface area contributed by atoms with Crippen molar-refractivity contribution in [3.8, 4) is 0 Å². The van der Waals surface area contributed by atoms with Crippen LogP contribution in [0.2, 0.25) is 0 Å². The van der Waals surface area contributed by atoms with Crippen molar-refractivity contribution in [1.29, 1.82) is 0 Å². The number of Topliss-reactive ketones (excluding diaryl/α,β-unsaturated/α-hetero) is 1. The summed E-state index contributed by atoms with van der Waals surface area (Å²) >= 11 is 0. The number of alkyl halides is 3. The molecule has 0 saturated carbocycles. The molecule has 1 heterocycles. The fourth-order valence-electron chi connectivity index (χ4n) is 1.42. The summed E-state index contributed by atoms with van der Waals surface area (Å²) in [5, 5.41) is 0. The molecule has 0 radical (unpaired) electrons. The third-order valence-electron chi connectivity index (χ3n) is 2.18. The Hall–Kier alpha value is -1.07. The van der Waals surface area contributed by atoms with E-state index in [9.17, 15) is 22.8 Å². The first-order valence-electron chi connectivity index (χ1n) is 4.13. The maximum Gasteiger partial charge on any atom is 0.389 e. The Morgan fingerprint density at radius 1 is 1.43 bits per heavy atom. The summed E-state index contributed by atoms with van der Waals surface area (Å²) in [6.45, 7) is -0.128. The second kappa shape index (κ2) is 3.59. The highest BCUT2D eigenvalue weighted by Crippen LogP contribution is 2.28. The van der Waals surface area contributed by atoms with E-state index >= 15 is 0 Å². The van der Waals surface area contributed by atoms with Gasteiger partial charge in [0.1, 0.15) is 5.78 Å². The molecule has 1 rings (SSSR count). The molecule has 0 bridgehead atoms. The van der Waals surface area contributed by atoms with Crippen LogP contribution in [0.5, 0.6) is 0 Å². The molecule has 1 atom stereocenters. The van der Waals surface area contributed by atoms with Crippen molar-refractivity contribution >= 4 is 11.7 Å². The summed E-state index contributed by atoms with van der Waals surface area (Å²) in [6, 6.07) is 0. The van der Waals surface area contributed by atoms with Crippen LogP contribution < -0.4 is 0 Å². The molecule has 1 amide bonds. The summed E-state index contributed by atoms with van der Waals surface area (Å²) in [5.74, 6) is -2.10. The van der Waals surface area contributed by atoms with Crippen LogP contribution in [0.15, 0.2) is 0 Å². The number of carbonyl (C=O) groups excluding carboxylic acids is 2. The van der Waals surface area contributed by atoms with E-state index in [1.165, 1.54) is 7.05 Å². The lowest BCUT2D eigenvalue weighted by Gasteiger charge is -2.28. The lowest BCUT2D eigenvalue weighted by molar-refractivity contribution is -0.161. The number of carbonyl (C=O) groups is 2. The van der Waals surface area contributed by atoms with Gasteiger partial charge in [0.2, 0.25) is 5.91 Å². The second-order valence-electron chi connectivity index (χ2n) is 3.43. The van der Waals surface area contributed by atoms with Crippen LogP contribution in [-0.2, 0) is 9.59 Å². The molecule has 0 aromatic carbocycles. The topological polar surface area (TPSA) is 37.4 Å². The normalized spacial score (nSPS) is 24.3. The lowest BCUT2D eigenvalue weighted by Crippen LogP contribution is -2.43. The average molecular weight is 209 g/mol. The third-order valence-corrected chi connectivity index (χ3v) is 2.18. The summed E-state index contributed by atoms with van der Waals surface area (Å²) < 4.78 is 35.9. The van der Waals surface area contributed by atoms with Crippen molar-refractivity contribution in [3.05, 3.63) is 0 Å². The number of likely N-dealkylation sites (tertiary alicyclic amines) is 1. The molecule has 14 heavy (non-hydrogen) atoms. The monoisotopic (exact) mass is 209 g/mol. The average Bonchev–Trinajstić information content (AvgIpc) is 1.97. The number of nitrogens with zero attached hydrogens (tertiary/aromatic N) is 1. The molecule has 0 spiro atoms. The molecule has 1 fully saturated rings. The maximum atomic E-state index is 12.0. The van der Waals surface area contributed by atoms with E-state index in [4.69, 9.17) is 0 Å². The highest BCUT2D eigenvalue weighted by molar-refractivity contribution is 6.01. The minimum atomic E-state index is -4.35. The highest BCUT2D eigenvalue weighted by Gasteiger charge is 2.39. The fourth-order valence-corrected chi connectivity index (χ4v) is 1.42. The Labute approximate surface area is 78.9 Å². The fraction of sp³-hybridized carbons (Fsp3) is 0.750. The molecule has 1 saturated heterocycles. The predicted octanol–water partition coefficient (Wildman–Crippen LogP) is 0.986. The Balaban J connectivity index is 2.62. The van der Waals surface area contributed by atoms with Gasteiger partial charge in [0.15, 0.2) is 0 Å². The molecule has 6 heteroatoms. The summed E-state index contributed by atoms with van der Waals surface area (Å²) in [4.78, 5) is 23.2. The van der Waals surface area contributed by atoms with Crippen LogP contribution in [0.4, 0.5) is 13.2 Å². The number of amides is 1. The highest BCUT2D eigenvalue weighted by atomic mass is 19.4. The van der Waals surface area contributed by atoms with Crippen molar-refractivity contribution in [2.75, 3.05) is 13.6 Å². The molecule has 0 aromatic heterocycles. The van der Waals surface area contributed by atoms with Gasteiger partial charge in [-0.1, -0.05) is 0 Å². The van der Waals surface area contributed by atoms with Crippen molar-refractivity contribution in [2.24, 2.45) is 5.92 Å². The first-order valence-corrected chi connectivity index (χ1v) is 4.13. The van der Waals surface area contributed by atoms with Gasteiger partial charge in [-0.05, 0) is 0 Å². The molecule has 0 aliphatic carbocycles. The number of ketones is 1. The van der Waals surface area contributed by atoms with Gasteiger partial charge < -0.3 is 4.90 Å². The predicted molar refractivity (Wildman–Crippen MR) is 41.4 cm³/mol. The maximum absolute atomic E-state index is 12.0. The van der Waals surface area contributed by atoms with Crippen LogP contribution in [0.3, 0.4) is 0 Å². The van der Waals surface area contributed by atoms with E-state index in [-0.39, 0.29) is 6.54 Å². The smallest absolute Gasteiger partial charge is 0.345 e. The van der Waals surface area contributed by atoms with E-state index in [1.807, 2.05) is 0 Å². The van der Waals surface area contributed by atoms with Crippen molar-refractivity contribution in [3.63, 3.8) is 0 Å². The molecule has 3 nitrogen and oxygen atoms in total. The van der Waals surface area contributed by atoms with Gasteiger partial charge in [0.25, 0.3) is 0 Å². The minimum absolute atomic E-state index is 0.128. The zero-order valence-corrected chi connectivity index (χ0v) is 7.60. The molecule has 0 N–H and O–H groups in total. The second-order valence-corrected chi connectivity index (χ2v) is 3.43. The summed E-state index contributed by atoms with van der Waals surface area (Å²) in [7, 11) is 1.40.